The van der Waals surface area contributed by atoms with Crippen molar-refractivity contribution in [3.05, 3.63) is 158 Å². The molecule has 4 aromatic carbocycles. The van der Waals surface area contributed by atoms with Crippen molar-refractivity contribution < 1.29 is 37.6 Å². The molecule has 13 rings (SSSR count). The lowest BCUT2D eigenvalue weighted by Gasteiger charge is -2.26. The molecule has 7 aromatic heterocycles. The SMILES string of the molecule is C.CC(C)(C)c1cc(CC(=O)Nc2ccc(-n3nc(-c4ccc(OCCN5CCOCC5)cc4)c4c(N)ncnc43)cc2)no1.CC(C)(C)c1cc(NC(=O)n2ccnc2)no1.ClC(Cl)Cl.Nc1ccc(-n2nc(-c3ccc(OCCN4CCOCC4)cc3)c3c(N)ncnc32)cc1. The molecule has 0 radical (unpaired) electrons. The molecule has 0 spiro atoms. The zero-order valence-electron chi connectivity index (χ0n) is 54.4. The van der Waals surface area contributed by atoms with E-state index in [1.165, 1.54) is 29.7 Å². The van der Waals surface area contributed by atoms with Crippen LogP contribution in [0.5, 0.6) is 11.5 Å². The van der Waals surface area contributed by atoms with Crippen molar-refractivity contribution in [1.29, 1.82) is 0 Å². The number of nitrogens with one attached hydrogen (secondary N) is 2. The Morgan fingerprint density at radius 3 is 1.50 bits per heavy atom. The Labute approximate surface area is 581 Å². The highest BCUT2D eigenvalue weighted by molar-refractivity contribution is 6.63. The van der Waals surface area contributed by atoms with E-state index in [9.17, 15) is 9.59 Å². The van der Waals surface area contributed by atoms with Crippen molar-refractivity contribution in [3.8, 4) is 45.4 Å². The first-order valence-electron chi connectivity index (χ1n) is 31.1. The molecule has 8 N–H and O–H groups in total. The molecule has 0 unspecified atom stereocenters. The van der Waals surface area contributed by atoms with E-state index < -0.39 is 4.30 Å². The molecule has 9 heterocycles. The summed E-state index contributed by atoms with van der Waals surface area (Å²) in [6.45, 7) is 22.0. The topological polar surface area (TPSA) is 337 Å². The second kappa shape index (κ2) is 33.5. The fourth-order valence-electron chi connectivity index (χ4n) is 10.0. The number of hydrogen-bond donors (Lipinski definition) is 5. The van der Waals surface area contributed by atoms with Crippen LogP contribution in [-0.2, 0) is 31.5 Å². The summed E-state index contributed by atoms with van der Waals surface area (Å²) < 4.78 is 37.3. The molecule has 2 aliphatic heterocycles. The Bertz CT molecular complexity index is 4330. The number of fused-ring (bicyclic) bond motifs is 2. The van der Waals surface area contributed by atoms with E-state index in [1.807, 2.05) is 145 Å². The Balaban J connectivity index is 0.000000181. The Morgan fingerprint density at radius 1 is 0.602 bits per heavy atom. The normalized spacial score (nSPS) is 13.5. The van der Waals surface area contributed by atoms with Crippen LogP contribution in [0.1, 0.15) is 66.2 Å². The molecule has 0 bridgehead atoms. The first-order valence-corrected chi connectivity index (χ1v) is 32.4. The molecule has 0 aliphatic carbocycles. The number of morpholine rings is 2. The minimum absolute atomic E-state index is 0. The summed E-state index contributed by atoms with van der Waals surface area (Å²) in [6, 6.07) is 33.7. The van der Waals surface area contributed by atoms with Crippen molar-refractivity contribution in [2.24, 2.45) is 0 Å². The summed E-state index contributed by atoms with van der Waals surface area (Å²) >= 11 is 14.4. The van der Waals surface area contributed by atoms with E-state index in [0.717, 1.165) is 117 Å². The Hall–Kier alpha value is -9.74. The number of anilines is 5. The quantitative estimate of drug-likeness (QED) is 0.0443. The van der Waals surface area contributed by atoms with Gasteiger partial charge in [0.1, 0.15) is 78.2 Å². The van der Waals surface area contributed by atoms with Crippen LogP contribution in [-0.4, -0.2) is 164 Å². The third-order valence-corrected chi connectivity index (χ3v) is 15.2. The molecule has 2 fully saturated rings. The molecule has 0 saturated carbocycles. The third kappa shape index (κ3) is 19.5. The van der Waals surface area contributed by atoms with E-state index in [1.54, 1.807) is 21.6 Å². The number of carbonyl (C=O) groups is 2. The number of alkyl halides is 3. The van der Waals surface area contributed by atoms with Crippen molar-refractivity contribution in [2.45, 2.75) is 70.5 Å². The number of imidazole rings is 1. The molecular weight excluding hydrogens is 1320 g/mol. The maximum Gasteiger partial charge on any atom is 0.332 e. The maximum absolute atomic E-state index is 12.7. The van der Waals surface area contributed by atoms with Gasteiger partial charge in [0.15, 0.2) is 21.4 Å². The minimum atomic E-state index is -0.750. The Morgan fingerprint density at radius 2 is 1.06 bits per heavy atom. The third-order valence-electron chi connectivity index (χ3n) is 15.2. The monoisotopic (exact) mass is 1400 g/mol. The van der Waals surface area contributed by atoms with Gasteiger partial charge in [-0.3, -0.25) is 24.5 Å². The predicted molar refractivity (Wildman–Crippen MR) is 380 cm³/mol. The van der Waals surface area contributed by atoms with Crippen molar-refractivity contribution >= 4 is 97.6 Å². The largest absolute Gasteiger partial charge is 0.492 e. The molecule has 2 amide bonds. The first-order chi connectivity index (χ1) is 46.6. The van der Waals surface area contributed by atoms with Gasteiger partial charge in [-0.15, -0.1) is 0 Å². The van der Waals surface area contributed by atoms with E-state index in [0.29, 0.717) is 75.5 Å². The number of nitrogen functional groups attached to an aromatic ring is 3. The zero-order chi connectivity index (χ0) is 68.6. The smallest absolute Gasteiger partial charge is 0.332 e. The highest BCUT2D eigenvalue weighted by atomic mass is 35.6. The van der Waals surface area contributed by atoms with Gasteiger partial charge in [0, 0.05) is 97.1 Å². The fraction of sp³-hybridized carbons (Fsp3) is 0.338. The predicted octanol–water partition coefficient (Wildman–Crippen LogP) is 11.5. The Kier molecular flexibility index (Phi) is 24.8. The molecule has 0 atom stereocenters. The number of carbonyl (C=O) groups excluding carboxylic acids is 2. The number of amides is 2. The lowest BCUT2D eigenvalue weighted by molar-refractivity contribution is -0.115. The number of nitrogens with two attached hydrogens (primary N) is 3. The highest BCUT2D eigenvalue weighted by Gasteiger charge is 2.24. The van der Waals surface area contributed by atoms with Crippen LogP contribution < -0.4 is 37.3 Å². The average molecular weight is 1400 g/mol. The van der Waals surface area contributed by atoms with Crippen LogP contribution in [0.25, 0.3) is 56.0 Å². The number of nitrogens with zero attached hydrogens (tertiary/aromatic N) is 14. The standard InChI is InChI=1S/C32H36N8O4.C23H25N7O2.C11H14N4O2.CHCl3.CH4/c1-32(2,3)26-18-23(38-44-26)19-27(41)36-22-6-8-24(9-7-22)40-31-28(30(33)34-20-35-31)29(37-40)21-4-10-25(11-5-21)43-17-14-39-12-15-42-16-13-39;24-17-3-5-18(6-4-17)30-23-20(22(25)26-15-27-23)21(28-30)16-1-7-19(8-2-16)32-14-11-29-9-12-31-13-10-29;1-11(2,3)8-6-9(14-17-8)13-10(16)15-5-4-12-7-15;2-1(3)4;/h4-11,18,20H,12-17,19H2,1-3H3,(H,36,41)(H2,33,34,35);1-8,15H,9-14,24H2,(H2,25,26,27);4-7H,1-3H3,(H,13,14,16);1H;1H4. The molecule has 516 valence electrons. The maximum atomic E-state index is 12.7. The van der Waals surface area contributed by atoms with Crippen LogP contribution in [0.4, 0.5) is 33.6 Å². The highest BCUT2D eigenvalue weighted by Crippen LogP contribution is 2.35. The molecule has 27 nitrogen and oxygen atoms in total. The molecule has 98 heavy (non-hydrogen) atoms. The van der Waals surface area contributed by atoms with Crippen LogP contribution in [0.15, 0.2) is 150 Å². The number of halogens is 3. The first kappa shape index (κ1) is 72.5. The zero-order valence-corrected chi connectivity index (χ0v) is 56.7. The van der Waals surface area contributed by atoms with Gasteiger partial charge in [0.2, 0.25) is 5.91 Å². The van der Waals surface area contributed by atoms with Crippen LogP contribution >= 0.6 is 34.8 Å². The van der Waals surface area contributed by atoms with Crippen molar-refractivity contribution in [2.75, 3.05) is 107 Å². The summed E-state index contributed by atoms with van der Waals surface area (Å²) in [7, 11) is 0. The summed E-state index contributed by atoms with van der Waals surface area (Å²) in [5, 5.41) is 24.4. The van der Waals surface area contributed by atoms with E-state index in [-0.39, 0.29) is 36.6 Å². The van der Waals surface area contributed by atoms with Gasteiger partial charge < -0.3 is 50.5 Å². The van der Waals surface area contributed by atoms with Gasteiger partial charge >= 0.3 is 6.03 Å². The molecule has 2 saturated heterocycles. The second-order valence-corrected chi connectivity index (χ2v) is 26.3. The van der Waals surface area contributed by atoms with Gasteiger partial charge in [-0.1, -0.05) is 94.1 Å². The minimum Gasteiger partial charge on any atom is -0.492 e. The average Bonchev–Trinajstić information content (AvgIpc) is 1.62. The van der Waals surface area contributed by atoms with Gasteiger partial charge in [-0.2, -0.15) is 10.2 Å². The second-order valence-electron chi connectivity index (χ2n) is 24.4. The van der Waals surface area contributed by atoms with Crippen LogP contribution in [0.2, 0.25) is 0 Å². The lowest BCUT2D eigenvalue weighted by atomic mass is 9.93. The van der Waals surface area contributed by atoms with E-state index >= 15 is 0 Å². The van der Waals surface area contributed by atoms with E-state index in [4.69, 9.17) is 90.2 Å². The van der Waals surface area contributed by atoms with Crippen LogP contribution in [0.3, 0.4) is 0 Å². The number of rotatable bonds is 16. The summed E-state index contributed by atoms with van der Waals surface area (Å²) in [5.41, 5.74) is 25.9. The number of benzene rings is 4. The summed E-state index contributed by atoms with van der Waals surface area (Å²) in [5.74, 6) is 3.99. The number of hydrogen-bond acceptors (Lipinski definition) is 22. The van der Waals surface area contributed by atoms with Crippen molar-refractivity contribution in [1.82, 2.24) is 69.2 Å². The van der Waals surface area contributed by atoms with Gasteiger partial charge in [-0.25, -0.2) is 39.1 Å². The number of aromatic nitrogens is 12. The van der Waals surface area contributed by atoms with Gasteiger partial charge in [0.25, 0.3) is 0 Å². The molecule has 2 aliphatic rings. The fourth-order valence-corrected chi connectivity index (χ4v) is 10.0. The lowest BCUT2D eigenvalue weighted by Crippen LogP contribution is -2.38. The molecule has 30 heteroatoms. The number of ether oxygens (including phenoxy) is 4. The molecule has 11 aromatic rings. The summed E-state index contributed by atoms with van der Waals surface area (Å²) in [4.78, 5) is 50.1. The van der Waals surface area contributed by atoms with Crippen molar-refractivity contribution in [3.63, 3.8) is 0 Å². The van der Waals surface area contributed by atoms with E-state index in [2.05, 4.69) is 55.7 Å². The molecular formula is C68H80Cl3N19O8. The van der Waals surface area contributed by atoms with Gasteiger partial charge in [-0.05, 0) is 97.1 Å². The summed E-state index contributed by atoms with van der Waals surface area (Å²) in [6.07, 6.45) is 7.49. The van der Waals surface area contributed by atoms with Crippen LogP contribution in [0, 0.1) is 0 Å². The van der Waals surface area contributed by atoms with Gasteiger partial charge in [0.05, 0.1) is 60.7 Å².